The Morgan fingerprint density at radius 3 is 3.06 bits per heavy atom. The molecule has 1 aliphatic rings. The monoisotopic (exact) mass is 285 g/mol. The number of nitrogen functional groups attached to an aromatic ring is 1. The number of nitrogens with two attached hydrogens (primary N) is 1. The molecule has 1 aromatic rings. The lowest BCUT2D eigenvalue weighted by molar-refractivity contribution is 0.0765. The summed E-state index contributed by atoms with van der Waals surface area (Å²) < 4.78 is 0.713. The molecule has 1 atom stereocenters. The summed E-state index contributed by atoms with van der Waals surface area (Å²) >= 11 is 3.25. The lowest BCUT2D eigenvalue weighted by Crippen LogP contribution is -2.30. The van der Waals surface area contributed by atoms with Crippen LogP contribution in [-0.4, -0.2) is 40.1 Å². The average molecular weight is 286 g/mol. The van der Waals surface area contributed by atoms with E-state index >= 15 is 0 Å². The molecule has 1 amide bonds. The van der Waals surface area contributed by atoms with Gasteiger partial charge in [0.25, 0.3) is 5.91 Å². The van der Waals surface area contributed by atoms with Crippen LogP contribution in [0.2, 0.25) is 0 Å². The second kappa shape index (κ2) is 4.39. The Bertz CT molecular complexity index is 425. The fourth-order valence-corrected chi connectivity index (χ4v) is 2.05. The Balaban J connectivity index is 2.23. The molecule has 1 aliphatic heterocycles. The summed E-state index contributed by atoms with van der Waals surface area (Å²) in [6.45, 7) is 0.927. The van der Waals surface area contributed by atoms with Crippen LogP contribution in [0, 0.1) is 0 Å². The van der Waals surface area contributed by atoms with E-state index in [1.165, 1.54) is 0 Å². The lowest BCUT2D eigenvalue weighted by Gasteiger charge is -2.16. The maximum absolute atomic E-state index is 12.0. The van der Waals surface area contributed by atoms with Gasteiger partial charge in [0.15, 0.2) is 0 Å². The molecule has 1 fully saturated rings. The number of amides is 1. The van der Waals surface area contributed by atoms with Crippen molar-refractivity contribution in [1.82, 2.24) is 9.88 Å². The third-order valence-electron chi connectivity index (χ3n) is 2.57. The van der Waals surface area contributed by atoms with E-state index in [0.717, 1.165) is 0 Å². The number of nitrogens with zero attached hydrogens (tertiary/aromatic N) is 2. The van der Waals surface area contributed by atoms with Crippen molar-refractivity contribution in [3.05, 3.63) is 22.3 Å². The highest BCUT2D eigenvalue weighted by atomic mass is 79.9. The van der Waals surface area contributed by atoms with Gasteiger partial charge in [-0.05, 0) is 28.4 Å². The number of aromatic nitrogens is 1. The fourth-order valence-electron chi connectivity index (χ4n) is 1.72. The van der Waals surface area contributed by atoms with Gasteiger partial charge in [-0.25, -0.2) is 4.98 Å². The first kappa shape index (κ1) is 11.3. The summed E-state index contributed by atoms with van der Waals surface area (Å²) in [6.07, 6.45) is 1.74. The van der Waals surface area contributed by atoms with Crippen molar-refractivity contribution in [3.63, 3.8) is 0 Å². The Labute approximate surface area is 101 Å². The molecular weight excluding hydrogens is 274 g/mol. The molecule has 0 radical (unpaired) electrons. The molecule has 86 valence electrons. The van der Waals surface area contributed by atoms with Gasteiger partial charge in [0.1, 0.15) is 5.82 Å². The van der Waals surface area contributed by atoms with Crippen LogP contribution in [0.1, 0.15) is 16.8 Å². The number of pyridine rings is 1. The molecule has 5 nitrogen and oxygen atoms in total. The quantitative estimate of drug-likeness (QED) is 0.793. The molecule has 1 saturated heterocycles. The summed E-state index contributed by atoms with van der Waals surface area (Å²) in [7, 11) is 0. The molecule has 16 heavy (non-hydrogen) atoms. The molecule has 0 aromatic carbocycles. The molecule has 0 saturated carbocycles. The van der Waals surface area contributed by atoms with Crippen LogP contribution in [-0.2, 0) is 0 Å². The van der Waals surface area contributed by atoms with E-state index < -0.39 is 6.10 Å². The van der Waals surface area contributed by atoms with Crippen molar-refractivity contribution >= 4 is 27.7 Å². The molecular formula is C10H12BrN3O2. The number of carbonyl (C=O) groups excluding carboxylic acids is 1. The Hall–Kier alpha value is -1.14. The number of aliphatic hydroxyl groups excluding tert-OH is 1. The number of anilines is 1. The Morgan fingerprint density at radius 1 is 1.69 bits per heavy atom. The maximum atomic E-state index is 12.0. The zero-order chi connectivity index (χ0) is 11.7. The third kappa shape index (κ3) is 2.17. The number of β-amino-alcohol motifs (C(OH)–C–C–N with tert-alkyl or cyclic N) is 1. The van der Waals surface area contributed by atoms with Gasteiger partial charge in [-0.2, -0.15) is 0 Å². The second-order valence-electron chi connectivity index (χ2n) is 3.78. The van der Waals surface area contributed by atoms with E-state index in [1.54, 1.807) is 17.2 Å². The highest BCUT2D eigenvalue weighted by Gasteiger charge is 2.26. The van der Waals surface area contributed by atoms with Gasteiger partial charge in [0, 0.05) is 23.8 Å². The summed E-state index contributed by atoms with van der Waals surface area (Å²) in [4.78, 5) is 17.5. The van der Waals surface area contributed by atoms with Crippen LogP contribution in [0.3, 0.4) is 0 Å². The Kier molecular flexibility index (Phi) is 3.11. The normalized spacial score (nSPS) is 20.1. The fraction of sp³-hybridized carbons (Fsp3) is 0.400. The van der Waals surface area contributed by atoms with Crippen LogP contribution < -0.4 is 5.73 Å². The molecule has 6 heteroatoms. The number of hydrogen-bond donors (Lipinski definition) is 2. The van der Waals surface area contributed by atoms with Crippen LogP contribution in [0.25, 0.3) is 0 Å². The van der Waals surface area contributed by atoms with Gasteiger partial charge in [-0.15, -0.1) is 0 Å². The highest BCUT2D eigenvalue weighted by molar-refractivity contribution is 9.10. The van der Waals surface area contributed by atoms with Crippen molar-refractivity contribution in [1.29, 1.82) is 0 Å². The van der Waals surface area contributed by atoms with Crippen LogP contribution >= 0.6 is 15.9 Å². The summed E-state index contributed by atoms with van der Waals surface area (Å²) in [5.41, 5.74) is 6.03. The predicted molar refractivity (Wildman–Crippen MR) is 62.9 cm³/mol. The smallest absolute Gasteiger partial charge is 0.257 e. The first-order valence-corrected chi connectivity index (χ1v) is 5.75. The van der Waals surface area contributed by atoms with Crippen molar-refractivity contribution in [2.75, 3.05) is 18.8 Å². The van der Waals surface area contributed by atoms with Gasteiger partial charge in [0.05, 0.1) is 11.7 Å². The van der Waals surface area contributed by atoms with E-state index in [9.17, 15) is 9.90 Å². The van der Waals surface area contributed by atoms with E-state index in [1.807, 2.05) is 0 Å². The first-order chi connectivity index (χ1) is 7.58. The number of likely N-dealkylation sites (tertiary alicyclic amines) is 1. The minimum atomic E-state index is -0.426. The second-order valence-corrected chi connectivity index (χ2v) is 4.70. The van der Waals surface area contributed by atoms with Crippen molar-refractivity contribution < 1.29 is 9.90 Å². The SMILES string of the molecule is Nc1ncc(Br)cc1C(=O)N1CCC(O)C1. The van der Waals surface area contributed by atoms with Gasteiger partial charge in [0.2, 0.25) is 0 Å². The van der Waals surface area contributed by atoms with Gasteiger partial charge >= 0.3 is 0 Å². The zero-order valence-electron chi connectivity index (χ0n) is 8.56. The molecule has 2 rings (SSSR count). The molecule has 0 spiro atoms. The number of halogens is 1. The highest BCUT2D eigenvalue weighted by Crippen LogP contribution is 2.19. The number of hydrogen-bond acceptors (Lipinski definition) is 4. The predicted octanol–water partition coefficient (Wildman–Crippen LogP) is 0.633. The summed E-state index contributed by atoms with van der Waals surface area (Å²) in [6, 6.07) is 1.65. The Morgan fingerprint density at radius 2 is 2.44 bits per heavy atom. The average Bonchev–Trinajstić information content (AvgIpc) is 2.67. The van der Waals surface area contributed by atoms with E-state index in [-0.39, 0.29) is 11.7 Å². The number of aliphatic hydroxyl groups is 1. The van der Waals surface area contributed by atoms with E-state index in [2.05, 4.69) is 20.9 Å². The van der Waals surface area contributed by atoms with E-state index in [0.29, 0.717) is 29.5 Å². The first-order valence-electron chi connectivity index (χ1n) is 4.96. The van der Waals surface area contributed by atoms with Gasteiger partial charge < -0.3 is 15.7 Å². The largest absolute Gasteiger partial charge is 0.391 e. The minimum absolute atomic E-state index is 0.178. The molecule has 2 heterocycles. The standard InChI is InChI=1S/C10H12BrN3O2/c11-6-3-8(9(12)13-4-6)10(16)14-2-1-7(15)5-14/h3-4,7,15H,1-2,5H2,(H2,12,13). The molecule has 0 bridgehead atoms. The van der Waals surface area contributed by atoms with Crippen LogP contribution in [0.5, 0.6) is 0 Å². The summed E-state index contributed by atoms with van der Waals surface area (Å²) in [5.74, 6) is 0.0393. The van der Waals surface area contributed by atoms with Crippen LogP contribution in [0.15, 0.2) is 16.7 Å². The van der Waals surface area contributed by atoms with Crippen molar-refractivity contribution in [2.24, 2.45) is 0 Å². The van der Waals surface area contributed by atoms with Gasteiger partial charge in [-0.3, -0.25) is 4.79 Å². The molecule has 1 aromatic heterocycles. The topological polar surface area (TPSA) is 79.5 Å². The lowest BCUT2D eigenvalue weighted by atomic mass is 10.2. The zero-order valence-corrected chi connectivity index (χ0v) is 10.1. The minimum Gasteiger partial charge on any atom is -0.391 e. The summed E-state index contributed by atoms with van der Waals surface area (Å²) in [5, 5.41) is 9.37. The third-order valence-corrected chi connectivity index (χ3v) is 3.00. The van der Waals surface area contributed by atoms with Crippen LogP contribution in [0.4, 0.5) is 5.82 Å². The molecule has 1 unspecified atom stereocenters. The van der Waals surface area contributed by atoms with Crippen molar-refractivity contribution in [3.8, 4) is 0 Å². The molecule has 3 N–H and O–H groups in total. The van der Waals surface area contributed by atoms with Crippen molar-refractivity contribution in [2.45, 2.75) is 12.5 Å². The number of rotatable bonds is 1. The van der Waals surface area contributed by atoms with Gasteiger partial charge in [-0.1, -0.05) is 0 Å². The maximum Gasteiger partial charge on any atom is 0.257 e. The van der Waals surface area contributed by atoms with E-state index in [4.69, 9.17) is 5.73 Å². The molecule has 0 aliphatic carbocycles. The number of carbonyl (C=O) groups is 1.